The van der Waals surface area contributed by atoms with Crippen molar-refractivity contribution in [3.05, 3.63) is 63.3 Å². The third-order valence-corrected chi connectivity index (χ3v) is 12.8. The number of sulfonamides is 1. The van der Waals surface area contributed by atoms with Gasteiger partial charge in [-0.15, -0.1) is 0 Å². The zero-order valence-corrected chi connectivity index (χ0v) is 39.7. The Bertz CT molecular complexity index is 2310. The summed E-state index contributed by atoms with van der Waals surface area (Å²) in [4.78, 5) is 50.5. The molecule has 28 heteroatoms. The first-order valence-corrected chi connectivity index (χ1v) is 22.7. The van der Waals surface area contributed by atoms with E-state index in [0.29, 0.717) is 61.8 Å². The minimum atomic E-state index is -5.08. The maximum atomic E-state index is 14.1. The molecule has 2 heterocycles. The van der Waals surface area contributed by atoms with Crippen LogP contribution in [-0.4, -0.2) is 144 Å². The SMILES string of the molecule is Cc1cc(C)c2cccc(OCc3c(Cl)ccc(S(=O)(=O)NC4(N5CCN(C(=O)[C@@H](N)CCCCN(C)C)CC5)CCCC4)c3Cl)c2n1.O=C(O)C(F)(F)F.O=C(O)C(F)(F)F.O=C(O)C(F)(F)F. The van der Waals surface area contributed by atoms with Gasteiger partial charge >= 0.3 is 36.4 Å². The van der Waals surface area contributed by atoms with Gasteiger partial charge in [0, 0.05) is 47.8 Å². The molecular weight excluding hydrogens is 1010 g/mol. The molecule has 3 aromatic rings. The molecular formula is C41H51Cl2F9N6O10S. The first kappa shape index (κ1) is 60.4. The number of hydrogen-bond donors (Lipinski definition) is 5. The number of fused-ring (bicyclic) bond motifs is 1. The van der Waals surface area contributed by atoms with Gasteiger partial charge in [0.05, 0.1) is 16.7 Å². The molecule has 1 saturated heterocycles. The summed E-state index contributed by atoms with van der Waals surface area (Å²) in [6.45, 7) is 6.99. The monoisotopic (exact) mass is 1060 g/mol. The van der Waals surface area contributed by atoms with Gasteiger partial charge in [-0.1, -0.05) is 54.6 Å². The Morgan fingerprint density at radius 3 is 1.84 bits per heavy atom. The molecule has 2 fully saturated rings. The van der Waals surface area contributed by atoms with Crippen molar-refractivity contribution in [1.29, 1.82) is 0 Å². The fourth-order valence-corrected chi connectivity index (χ4v) is 9.33. The number of carbonyl (C=O) groups excluding carboxylic acids is 1. The van der Waals surface area contributed by atoms with Crippen LogP contribution in [0.15, 0.2) is 41.3 Å². The number of pyridine rings is 1. The predicted molar refractivity (Wildman–Crippen MR) is 233 cm³/mol. The number of halogens is 11. The molecule has 0 spiro atoms. The average Bonchev–Trinajstić information content (AvgIpc) is 3.70. The fraction of sp³-hybridized carbons (Fsp3) is 0.537. The Hall–Kier alpha value is -4.73. The number of para-hydroxylation sites is 1. The molecule has 5 rings (SSSR count). The molecule has 0 unspecified atom stereocenters. The van der Waals surface area contributed by atoms with E-state index in [0.717, 1.165) is 54.4 Å². The maximum Gasteiger partial charge on any atom is 0.490 e. The maximum absolute atomic E-state index is 14.1. The summed E-state index contributed by atoms with van der Waals surface area (Å²) in [7, 11) is 0.000418. The minimum absolute atomic E-state index is 0.0266. The Balaban J connectivity index is 0.000000646. The molecule has 1 amide bonds. The molecule has 2 aliphatic rings. The van der Waals surface area contributed by atoms with E-state index >= 15 is 0 Å². The lowest BCUT2D eigenvalue weighted by Gasteiger charge is -2.46. The lowest BCUT2D eigenvalue weighted by Crippen LogP contribution is -2.64. The summed E-state index contributed by atoms with van der Waals surface area (Å²) in [6.07, 6.45) is -9.58. The van der Waals surface area contributed by atoms with Gasteiger partial charge < -0.3 is 35.6 Å². The number of amides is 1. The zero-order chi connectivity index (χ0) is 52.9. The number of rotatable bonds is 13. The van der Waals surface area contributed by atoms with Crippen molar-refractivity contribution in [2.75, 3.05) is 46.8 Å². The number of alkyl halides is 9. The number of carboxylic acid groups (broad SMARTS) is 3. The molecule has 1 aliphatic heterocycles. The summed E-state index contributed by atoms with van der Waals surface area (Å²) in [5, 5.41) is 22.7. The molecule has 0 bridgehead atoms. The zero-order valence-electron chi connectivity index (χ0n) is 37.4. The van der Waals surface area contributed by atoms with E-state index in [9.17, 15) is 52.7 Å². The second-order valence-electron chi connectivity index (χ2n) is 15.8. The second-order valence-corrected chi connectivity index (χ2v) is 18.3. The number of piperazine rings is 1. The lowest BCUT2D eigenvalue weighted by atomic mass is 10.1. The lowest BCUT2D eigenvalue weighted by molar-refractivity contribution is -0.193. The van der Waals surface area contributed by atoms with Crippen molar-refractivity contribution in [3.8, 4) is 5.75 Å². The molecule has 16 nitrogen and oxygen atoms in total. The van der Waals surface area contributed by atoms with Crippen LogP contribution in [0.25, 0.3) is 10.9 Å². The van der Waals surface area contributed by atoms with E-state index in [2.05, 4.69) is 19.5 Å². The van der Waals surface area contributed by atoms with Gasteiger partial charge in [0.1, 0.15) is 22.8 Å². The first-order valence-electron chi connectivity index (χ1n) is 20.5. The number of nitrogens with one attached hydrogen (secondary N) is 1. The Kier molecular flexibility index (Phi) is 22.2. The van der Waals surface area contributed by atoms with Gasteiger partial charge in [-0.3, -0.25) is 9.69 Å². The van der Waals surface area contributed by atoms with Crippen LogP contribution >= 0.6 is 23.2 Å². The number of unbranched alkanes of at least 4 members (excludes halogenated alkanes) is 1. The summed E-state index contributed by atoms with van der Waals surface area (Å²) in [6, 6.07) is 10.2. The van der Waals surface area contributed by atoms with Crippen LogP contribution in [0.1, 0.15) is 61.8 Å². The second kappa shape index (κ2) is 25.4. The summed E-state index contributed by atoms with van der Waals surface area (Å²) >= 11 is 13.4. The predicted octanol–water partition coefficient (Wildman–Crippen LogP) is 7.39. The van der Waals surface area contributed by atoms with E-state index in [1.165, 1.54) is 6.07 Å². The van der Waals surface area contributed by atoms with Crippen molar-refractivity contribution in [3.63, 3.8) is 0 Å². The fourth-order valence-electron chi connectivity index (χ4n) is 6.99. The van der Waals surface area contributed by atoms with E-state index in [1.807, 2.05) is 57.1 Å². The largest absolute Gasteiger partial charge is 0.490 e. The van der Waals surface area contributed by atoms with Crippen LogP contribution in [0, 0.1) is 13.8 Å². The Morgan fingerprint density at radius 2 is 1.36 bits per heavy atom. The Labute approximate surface area is 400 Å². The molecule has 2 aromatic carbocycles. The molecule has 1 atom stereocenters. The molecule has 0 radical (unpaired) electrons. The van der Waals surface area contributed by atoms with E-state index in [1.54, 1.807) is 6.07 Å². The van der Waals surface area contributed by atoms with Crippen molar-refractivity contribution in [1.82, 2.24) is 24.4 Å². The van der Waals surface area contributed by atoms with E-state index < -0.39 is 58.2 Å². The van der Waals surface area contributed by atoms with Gasteiger partial charge in [-0.25, -0.2) is 27.8 Å². The Morgan fingerprint density at radius 1 is 0.855 bits per heavy atom. The topological polar surface area (TPSA) is 233 Å². The van der Waals surface area contributed by atoms with Gasteiger partial charge in [-0.05, 0) is 90.0 Å². The number of nitrogens with zero attached hydrogens (tertiary/aromatic N) is 4. The third kappa shape index (κ3) is 18.5. The van der Waals surface area contributed by atoms with Crippen LogP contribution in [0.3, 0.4) is 0 Å². The van der Waals surface area contributed by atoms with Gasteiger partial charge in [-0.2, -0.15) is 44.2 Å². The number of carboxylic acids is 3. The number of ether oxygens (including phenoxy) is 1. The number of benzene rings is 2. The van der Waals surface area contributed by atoms with Gasteiger partial charge in [0.15, 0.2) is 0 Å². The highest BCUT2D eigenvalue weighted by atomic mass is 35.5. The van der Waals surface area contributed by atoms with Crippen LogP contribution in [-0.2, 0) is 35.8 Å². The normalized spacial score (nSPS) is 15.8. The number of carbonyl (C=O) groups is 4. The number of aryl methyl sites for hydroxylation is 2. The van der Waals surface area contributed by atoms with Gasteiger partial charge in [0.2, 0.25) is 15.9 Å². The average molecular weight is 1060 g/mol. The summed E-state index contributed by atoms with van der Waals surface area (Å²) in [5.74, 6) is -7.74. The van der Waals surface area contributed by atoms with Crippen LogP contribution < -0.4 is 15.2 Å². The molecule has 6 N–H and O–H groups in total. The molecule has 1 aliphatic carbocycles. The van der Waals surface area contributed by atoms with E-state index in [4.69, 9.17) is 63.4 Å². The quantitative estimate of drug-likeness (QED) is 0.0830. The standard InChI is InChI=1S/C35H48Cl2N6O4S.3C2HF3O2/c1-24-22-25(2)39-33-26(24)10-9-12-30(33)47-23-27-28(36)13-14-31(32(27)37)48(45,46)40-35(15-6-7-16-35)43-20-18-42(19-21-43)34(44)29(38)11-5-8-17-41(3)4;3*3-2(4,5)1(6)7/h9-10,12-14,22,29,40H,5-8,11,15-21,23,38H2,1-4H3;3*(H,6,7)/t29-;;;/m0.../s1. The number of hydrogen-bond acceptors (Lipinski definition) is 11. The number of aromatic nitrogens is 1. The van der Waals surface area contributed by atoms with Crippen LogP contribution in [0.5, 0.6) is 5.75 Å². The van der Waals surface area contributed by atoms with Crippen LogP contribution in [0.4, 0.5) is 39.5 Å². The molecule has 1 aromatic heterocycles. The molecule has 1 saturated carbocycles. The minimum Gasteiger partial charge on any atom is -0.487 e. The van der Waals surface area contributed by atoms with Crippen molar-refractivity contribution < 1.29 is 87.2 Å². The highest BCUT2D eigenvalue weighted by Crippen LogP contribution is 2.38. The smallest absolute Gasteiger partial charge is 0.487 e. The molecule has 388 valence electrons. The molecule has 69 heavy (non-hydrogen) atoms. The third-order valence-electron chi connectivity index (χ3n) is 10.3. The number of nitrogens with two attached hydrogens (primary N) is 1. The van der Waals surface area contributed by atoms with Crippen molar-refractivity contribution in [2.24, 2.45) is 5.73 Å². The first-order chi connectivity index (χ1) is 31.6. The van der Waals surface area contributed by atoms with Crippen LogP contribution in [0.2, 0.25) is 10.0 Å². The highest BCUT2D eigenvalue weighted by molar-refractivity contribution is 7.89. The highest BCUT2D eigenvalue weighted by Gasteiger charge is 2.45. The number of aliphatic carboxylic acids is 3. The van der Waals surface area contributed by atoms with Gasteiger partial charge in [0.25, 0.3) is 0 Å². The summed E-state index contributed by atoms with van der Waals surface area (Å²) in [5.41, 5.74) is 8.57. The van der Waals surface area contributed by atoms with E-state index in [-0.39, 0.29) is 22.4 Å². The summed E-state index contributed by atoms with van der Waals surface area (Å²) < 4.78 is 133. The van der Waals surface area contributed by atoms with Crippen molar-refractivity contribution >= 4 is 67.9 Å². The van der Waals surface area contributed by atoms with Crippen molar-refractivity contribution in [2.45, 2.75) is 101 Å².